The van der Waals surface area contributed by atoms with E-state index in [4.69, 9.17) is 16.3 Å². The Morgan fingerprint density at radius 1 is 1.12 bits per heavy atom. The van der Waals surface area contributed by atoms with Crippen molar-refractivity contribution in [1.82, 2.24) is 9.21 Å². The summed E-state index contributed by atoms with van der Waals surface area (Å²) in [5.74, 6) is 0.650. The van der Waals surface area contributed by atoms with Crippen LogP contribution in [0.15, 0.2) is 41.3 Å². The minimum Gasteiger partial charge on any atom is -0.495 e. The molecule has 0 aliphatic carbocycles. The van der Waals surface area contributed by atoms with Crippen LogP contribution < -0.4 is 10.1 Å². The fraction of sp³-hybridized carbons (Fsp3) is 0.435. The second-order valence-electron chi connectivity index (χ2n) is 8.25. The summed E-state index contributed by atoms with van der Waals surface area (Å²) in [7, 11) is -2.03. The van der Waals surface area contributed by atoms with Crippen molar-refractivity contribution in [1.29, 1.82) is 0 Å². The number of aryl methyl sites for hydroxylation is 1. The van der Waals surface area contributed by atoms with Gasteiger partial charge in [0.25, 0.3) is 0 Å². The number of amides is 1. The van der Waals surface area contributed by atoms with Gasteiger partial charge in [0.2, 0.25) is 15.9 Å². The zero-order valence-electron chi connectivity index (χ0n) is 18.9. The molecule has 2 aromatic rings. The van der Waals surface area contributed by atoms with Crippen molar-refractivity contribution >= 4 is 33.2 Å². The first kappa shape index (κ1) is 24.5. The van der Waals surface area contributed by atoms with Gasteiger partial charge in [-0.3, -0.25) is 9.69 Å². The molecule has 1 fully saturated rings. The van der Waals surface area contributed by atoms with Crippen LogP contribution in [0.4, 0.5) is 5.69 Å². The highest BCUT2D eigenvalue weighted by Gasteiger charge is 2.29. The first-order chi connectivity index (χ1) is 15.1. The lowest BCUT2D eigenvalue weighted by Gasteiger charge is -2.33. The fourth-order valence-corrected chi connectivity index (χ4v) is 5.20. The number of anilines is 1. The number of nitrogens with zero attached hydrogens (tertiary/aromatic N) is 2. The predicted octanol–water partition coefficient (Wildman–Crippen LogP) is 3.73. The summed E-state index contributed by atoms with van der Waals surface area (Å²) >= 11 is 6.12. The minimum absolute atomic E-state index is 0.168. The van der Waals surface area contributed by atoms with E-state index in [2.05, 4.69) is 19.2 Å². The molecule has 1 heterocycles. The number of carbonyl (C=O) groups is 1. The third kappa shape index (κ3) is 5.61. The maximum atomic E-state index is 13.0. The topological polar surface area (TPSA) is 79.0 Å². The monoisotopic (exact) mass is 479 g/mol. The number of halogens is 1. The largest absolute Gasteiger partial charge is 0.495 e. The molecule has 1 amide bonds. The van der Waals surface area contributed by atoms with Gasteiger partial charge in [0.05, 0.1) is 24.2 Å². The van der Waals surface area contributed by atoms with E-state index in [-0.39, 0.29) is 12.5 Å². The Morgan fingerprint density at radius 2 is 1.75 bits per heavy atom. The van der Waals surface area contributed by atoms with Crippen molar-refractivity contribution < 1.29 is 17.9 Å². The Morgan fingerprint density at radius 3 is 2.31 bits per heavy atom. The molecule has 1 saturated heterocycles. The molecule has 0 spiro atoms. The SMILES string of the molecule is COc1cc(Cl)c(C)cc1NC(=O)CN1CCN(S(=O)(=O)c2ccc(C(C)C)cc2)CC1. The zero-order chi connectivity index (χ0) is 23.5. The minimum atomic E-state index is -3.55. The van der Waals surface area contributed by atoms with Gasteiger partial charge < -0.3 is 10.1 Å². The lowest BCUT2D eigenvalue weighted by molar-refractivity contribution is -0.117. The maximum Gasteiger partial charge on any atom is 0.243 e. The second kappa shape index (κ2) is 10.2. The average Bonchev–Trinajstić information content (AvgIpc) is 2.76. The molecule has 1 N–H and O–H groups in total. The Hall–Kier alpha value is -2.13. The molecule has 174 valence electrons. The summed E-state index contributed by atoms with van der Waals surface area (Å²) < 4.78 is 32.7. The van der Waals surface area contributed by atoms with E-state index in [9.17, 15) is 13.2 Å². The zero-order valence-corrected chi connectivity index (χ0v) is 20.5. The number of ether oxygens (including phenoxy) is 1. The number of nitrogens with one attached hydrogen (secondary N) is 1. The molecule has 32 heavy (non-hydrogen) atoms. The summed E-state index contributed by atoms with van der Waals surface area (Å²) in [4.78, 5) is 14.8. The number of hydrogen-bond donors (Lipinski definition) is 1. The Bertz CT molecular complexity index is 1060. The standard InChI is InChI=1S/C23H30ClN3O4S/c1-16(2)18-5-7-19(8-6-18)32(29,30)27-11-9-26(10-12-27)15-23(28)25-21-13-17(3)20(24)14-22(21)31-4/h5-8,13-14,16H,9-12,15H2,1-4H3,(H,25,28). The molecule has 0 aromatic heterocycles. The molecule has 0 radical (unpaired) electrons. The van der Waals surface area contributed by atoms with E-state index in [1.807, 2.05) is 24.0 Å². The van der Waals surface area contributed by atoms with Gasteiger partial charge >= 0.3 is 0 Å². The molecule has 1 aliphatic rings. The highest BCUT2D eigenvalue weighted by Crippen LogP contribution is 2.31. The smallest absolute Gasteiger partial charge is 0.243 e. The van der Waals surface area contributed by atoms with Gasteiger partial charge in [0.15, 0.2) is 0 Å². The van der Waals surface area contributed by atoms with Crippen LogP contribution in [0.2, 0.25) is 5.02 Å². The lowest BCUT2D eigenvalue weighted by atomic mass is 10.0. The van der Waals surface area contributed by atoms with Crippen molar-refractivity contribution in [3.05, 3.63) is 52.5 Å². The summed E-state index contributed by atoms with van der Waals surface area (Å²) in [6.45, 7) is 7.80. The number of sulfonamides is 1. The molecule has 3 rings (SSSR count). The van der Waals surface area contributed by atoms with Gasteiger partial charge in [0, 0.05) is 37.3 Å². The van der Waals surface area contributed by atoms with Crippen molar-refractivity contribution in [3.8, 4) is 5.75 Å². The van der Waals surface area contributed by atoms with Crippen molar-refractivity contribution in [2.24, 2.45) is 0 Å². The molecule has 2 aromatic carbocycles. The highest BCUT2D eigenvalue weighted by atomic mass is 35.5. The summed E-state index contributed by atoms with van der Waals surface area (Å²) in [6.07, 6.45) is 0. The van der Waals surface area contributed by atoms with Crippen LogP contribution in [0.5, 0.6) is 5.75 Å². The maximum absolute atomic E-state index is 13.0. The fourth-order valence-electron chi connectivity index (χ4n) is 3.62. The van der Waals surface area contributed by atoms with Crippen LogP contribution in [-0.4, -0.2) is 63.4 Å². The molecule has 0 saturated carbocycles. The molecule has 9 heteroatoms. The molecule has 7 nitrogen and oxygen atoms in total. The number of methoxy groups -OCH3 is 1. The predicted molar refractivity (Wildman–Crippen MR) is 127 cm³/mol. The van der Waals surface area contributed by atoms with Crippen molar-refractivity contribution in [2.75, 3.05) is 45.2 Å². The number of benzene rings is 2. The van der Waals surface area contributed by atoms with Crippen molar-refractivity contribution in [2.45, 2.75) is 31.6 Å². The van der Waals surface area contributed by atoms with Gasteiger partial charge in [-0.1, -0.05) is 37.6 Å². The third-order valence-electron chi connectivity index (χ3n) is 5.64. The highest BCUT2D eigenvalue weighted by molar-refractivity contribution is 7.89. The quantitative estimate of drug-likeness (QED) is 0.654. The second-order valence-corrected chi connectivity index (χ2v) is 10.6. The lowest BCUT2D eigenvalue weighted by Crippen LogP contribution is -2.50. The van der Waals surface area contributed by atoms with Crippen molar-refractivity contribution in [3.63, 3.8) is 0 Å². The molecule has 1 aliphatic heterocycles. The molecule has 0 unspecified atom stereocenters. The van der Waals surface area contributed by atoms with E-state index in [1.165, 1.54) is 11.4 Å². The third-order valence-corrected chi connectivity index (χ3v) is 7.96. The van der Waals surface area contributed by atoms with E-state index in [0.29, 0.717) is 53.5 Å². The first-order valence-electron chi connectivity index (χ1n) is 10.6. The molecule has 0 bridgehead atoms. The van der Waals surface area contributed by atoms with Crippen LogP contribution >= 0.6 is 11.6 Å². The van der Waals surface area contributed by atoms with E-state index in [0.717, 1.165) is 11.1 Å². The number of carbonyl (C=O) groups excluding carboxylic acids is 1. The van der Waals surface area contributed by atoms with Crippen LogP contribution in [0, 0.1) is 6.92 Å². The van der Waals surface area contributed by atoms with Gasteiger partial charge in [-0.2, -0.15) is 4.31 Å². The summed E-state index contributed by atoms with van der Waals surface area (Å²) in [6, 6.07) is 10.5. The Balaban J connectivity index is 1.57. The Labute approximate surface area is 195 Å². The van der Waals surface area contributed by atoms with E-state index < -0.39 is 10.0 Å². The first-order valence-corrected chi connectivity index (χ1v) is 12.4. The molecule has 0 atom stereocenters. The Kier molecular flexibility index (Phi) is 7.82. The van der Waals surface area contributed by atoms with Crippen LogP contribution in [0.25, 0.3) is 0 Å². The number of rotatable bonds is 7. The van der Waals surface area contributed by atoms with Gasteiger partial charge in [-0.05, 0) is 42.2 Å². The van der Waals surface area contributed by atoms with Crippen LogP contribution in [0.1, 0.15) is 30.9 Å². The summed E-state index contributed by atoms with van der Waals surface area (Å²) in [5, 5.41) is 3.43. The number of hydrogen-bond acceptors (Lipinski definition) is 5. The summed E-state index contributed by atoms with van der Waals surface area (Å²) in [5.41, 5.74) is 2.50. The van der Waals surface area contributed by atoms with E-state index >= 15 is 0 Å². The average molecular weight is 480 g/mol. The van der Waals surface area contributed by atoms with Gasteiger partial charge in [-0.25, -0.2) is 8.42 Å². The molecular formula is C23H30ClN3O4S. The van der Waals surface area contributed by atoms with Gasteiger partial charge in [0.1, 0.15) is 5.75 Å². The molecular weight excluding hydrogens is 450 g/mol. The van der Waals surface area contributed by atoms with Crippen LogP contribution in [0.3, 0.4) is 0 Å². The number of piperazine rings is 1. The van der Waals surface area contributed by atoms with E-state index in [1.54, 1.807) is 24.3 Å². The van der Waals surface area contributed by atoms with Crippen LogP contribution in [-0.2, 0) is 14.8 Å². The normalized spacial score (nSPS) is 15.7. The van der Waals surface area contributed by atoms with Gasteiger partial charge in [-0.15, -0.1) is 0 Å².